The maximum Gasteiger partial charge on any atom is 0.170 e. The van der Waals surface area contributed by atoms with Gasteiger partial charge in [0, 0.05) is 12.7 Å². The minimum absolute atomic E-state index is 0.364. The van der Waals surface area contributed by atoms with Crippen molar-refractivity contribution in [3.8, 4) is 17.0 Å². The third kappa shape index (κ3) is 1.69. The Morgan fingerprint density at radius 3 is 2.75 bits per heavy atom. The minimum Gasteiger partial charge on any atom is -0.492 e. The zero-order valence-electron chi connectivity index (χ0n) is 9.43. The normalized spacial score (nSPS) is 10.4. The van der Waals surface area contributed by atoms with Crippen molar-refractivity contribution in [2.45, 2.75) is 6.92 Å². The second-order valence-corrected chi connectivity index (χ2v) is 3.45. The van der Waals surface area contributed by atoms with Gasteiger partial charge in [-0.2, -0.15) is 15.0 Å². The molecule has 6 nitrogen and oxygen atoms in total. The number of aromatic nitrogens is 4. The van der Waals surface area contributed by atoms with Gasteiger partial charge in [-0.25, -0.2) is 4.98 Å². The summed E-state index contributed by atoms with van der Waals surface area (Å²) in [5.74, 6) is 0.897. The SMILES string of the molecule is COc1c(-c2cnn(C)n2)cc(C)nc1N. The molecule has 2 aromatic rings. The number of methoxy groups -OCH3 is 1. The summed E-state index contributed by atoms with van der Waals surface area (Å²) in [6.45, 7) is 1.87. The fraction of sp³-hybridized carbons (Fsp3) is 0.300. The number of ether oxygens (including phenoxy) is 1. The van der Waals surface area contributed by atoms with E-state index in [0.717, 1.165) is 17.0 Å². The molecule has 2 N–H and O–H groups in total. The van der Waals surface area contributed by atoms with Gasteiger partial charge in [-0.05, 0) is 13.0 Å². The molecule has 2 aromatic heterocycles. The summed E-state index contributed by atoms with van der Waals surface area (Å²) in [6.07, 6.45) is 1.66. The predicted molar refractivity (Wildman–Crippen MR) is 59.9 cm³/mol. The fourth-order valence-electron chi connectivity index (χ4n) is 1.56. The van der Waals surface area contributed by atoms with Crippen LogP contribution in [0.15, 0.2) is 12.3 Å². The molecular weight excluding hydrogens is 206 g/mol. The Bertz CT molecular complexity index is 520. The Morgan fingerprint density at radius 2 is 2.19 bits per heavy atom. The van der Waals surface area contributed by atoms with Gasteiger partial charge < -0.3 is 10.5 Å². The van der Waals surface area contributed by atoms with Crippen LogP contribution in [0.3, 0.4) is 0 Å². The molecule has 2 heterocycles. The first kappa shape index (κ1) is 10.4. The second kappa shape index (κ2) is 3.80. The van der Waals surface area contributed by atoms with Gasteiger partial charge in [0.25, 0.3) is 0 Å². The highest BCUT2D eigenvalue weighted by atomic mass is 16.5. The molecule has 0 atom stereocenters. The summed E-state index contributed by atoms with van der Waals surface area (Å²) in [6, 6.07) is 1.87. The summed E-state index contributed by atoms with van der Waals surface area (Å²) in [7, 11) is 3.32. The van der Waals surface area contributed by atoms with Crippen molar-refractivity contribution < 1.29 is 4.74 Å². The smallest absolute Gasteiger partial charge is 0.170 e. The van der Waals surface area contributed by atoms with E-state index in [2.05, 4.69) is 15.2 Å². The number of rotatable bonds is 2. The zero-order valence-corrected chi connectivity index (χ0v) is 9.43. The summed E-state index contributed by atoms with van der Waals surface area (Å²) in [4.78, 5) is 5.62. The predicted octanol–water partition coefficient (Wildman–Crippen LogP) is 0.776. The van der Waals surface area contributed by atoms with E-state index >= 15 is 0 Å². The number of nitrogen functional groups attached to an aromatic ring is 1. The van der Waals surface area contributed by atoms with E-state index in [-0.39, 0.29) is 0 Å². The van der Waals surface area contributed by atoms with Crippen molar-refractivity contribution >= 4 is 5.82 Å². The number of pyridine rings is 1. The number of nitrogens with zero attached hydrogens (tertiary/aromatic N) is 4. The Balaban J connectivity index is 2.63. The van der Waals surface area contributed by atoms with E-state index in [4.69, 9.17) is 10.5 Å². The van der Waals surface area contributed by atoms with E-state index in [1.807, 2.05) is 13.0 Å². The number of hydrogen-bond donors (Lipinski definition) is 1. The van der Waals surface area contributed by atoms with E-state index < -0.39 is 0 Å². The van der Waals surface area contributed by atoms with Gasteiger partial charge in [0.1, 0.15) is 5.69 Å². The number of hydrogen-bond acceptors (Lipinski definition) is 5. The van der Waals surface area contributed by atoms with Gasteiger partial charge in [-0.1, -0.05) is 0 Å². The van der Waals surface area contributed by atoms with Crippen LogP contribution >= 0.6 is 0 Å². The first-order valence-electron chi connectivity index (χ1n) is 4.79. The average Bonchev–Trinajstić information content (AvgIpc) is 2.63. The van der Waals surface area contributed by atoms with Crippen molar-refractivity contribution in [2.24, 2.45) is 7.05 Å². The van der Waals surface area contributed by atoms with Crippen LogP contribution in [0.2, 0.25) is 0 Å². The Morgan fingerprint density at radius 1 is 1.44 bits per heavy atom. The molecule has 0 radical (unpaired) electrons. The molecule has 6 heteroatoms. The summed E-state index contributed by atoms with van der Waals surface area (Å²) in [5, 5.41) is 8.23. The lowest BCUT2D eigenvalue weighted by molar-refractivity contribution is 0.416. The lowest BCUT2D eigenvalue weighted by Crippen LogP contribution is -2.00. The Labute approximate surface area is 93.1 Å². The van der Waals surface area contributed by atoms with Gasteiger partial charge in [0.15, 0.2) is 11.6 Å². The van der Waals surface area contributed by atoms with Crippen LogP contribution in [0.5, 0.6) is 5.75 Å². The highest BCUT2D eigenvalue weighted by molar-refractivity contribution is 5.72. The van der Waals surface area contributed by atoms with Crippen LogP contribution in [0, 0.1) is 6.92 Å². The van der Waals surface area contributed by atoms with Gasteiger partial charge in [-0.15, -0.1) is 0 Å². The number of nitrogens with two attached hydrogens (primary N) is 1. The van der Waals surface area contributed by atoms with Gasteiger partial charge in [0.05, 0.1) is 18.9 Å². The van der Waals surface area contributed by atoms with Crippen molar-refractivity contribution in [2.75, 3.05) is 12.8 Å². The van der Waals surface area contributed by atoms with Crippen LogP contribution < -0.4 is 10.5 Å². The molecule has 0 aliphatic carbocycles. The maximum atomic E-state index is 5.79. The van der Waals surface area contributed by atoms with Crippen LogP contribution in [0.25, 0.3) is 11.3 Å². The first-order valence-corrected chi connectivity index (χ1v) is 4.79. The fourth-order valence-corrected chi connectivity index (χ4v) is 1.56. The monoisotopic (exact) mass is 219 g/mol. The van der Waals surface area contributed by atoms with E-state index in [1.54, 1.807) is 20.4 Å². The quantitative estimate of drug-likeness (QED) is 0.807. The molecule has 0 amide bonds. The maximum absolute atomic E-state index is 5.79. The highest BCUT2D eigenvalue weighted by Crippen LogP contribution is 2.32. The van der Waals surface area contributed by atoms with Gasteiger partial charge >= 0.3 is 0 Å². The molecule has 0 aliphatic rings. The molecule has 0 saturated carbocycles. The molecule has 0 aliphatic heterocycles. The molecule has 2 rings (SSSR count). The second-order valence-electron chi connectivity index (χ2n) is 3.45. The largest absolute Gasteiger partial charge is 0.492 e. The molecule has 84 valence electrons. The Kier molecular flexibility index (Phi) is 2.47. The average molecular weight is 219 g/mol. The van der Waals surface area contributed by atoms with Crippen LogP contribution in [-0.4, -0.2) is 27.1 Å². The van der Waals surface area contributed by atoms with Crippen molar-refractivity contribution in [1.29, 1.82) is 0 Å². The summed E-state index contributed by atoms with van der Waals surface area (Å²) < 4.78 is 5.23. The van der Waals surface area contributed by atoms with Crippen molar-refractivity contribution in [3.05, 3.63) is 18.0 Å². The van der Waals surface area contributed by atoms with E-state index in [0.29, 0.717) is 11.6 Å². The zero-order chi connectivity index (χ0) is 11.7. The molecule has 0 unspecified atom stereocenters. The van der Waals surface area contributed by atoms with Crippen molar-refractivity contribution in [3.63, 3.8) is 0 Å². The summed E-state index contributed by atoms with van der Waals surface area (Å²) >= 11 is 0. The first-order chi connectivity index (χ1) is 7.61. The standard InChI is InChI=1S/C10H13N5O/c1-6-4-7(8-5-12-15(2)14-8)9(16-3)10(11)13-6/h4-5H,1-3H3,(H2,11,13). The molecule has 0 fully saturated rings. The third-order valence-electron chi connectivity index (χ3n) is 2.21. The van der Waals surface area contributed by atoms with Gasteiger partial charge in [-0.3, -0.25) is 0 Å². The van der Waals surface area contributed by atoms with E-state index in [9.17, 15) is 0 Å². The number of aryl methyl sites for hydroxylation is 2. The van der Waals surface area contributed by atoms with Crippen molar-refractivity contribution in [1.82, 2.24) is 20.0 Å². The van der Waals surface area contributed by atoms with Crippen LogP contribution in [0.1, 0.15) is 5.69 Å². The topological polar surface area (TPSA) is 78.8 Å². The molecule has 16 heavy (non-hydrogen) atoms. The molecule has 0 bridgehead atoms. The Hall–Kier alpha value is -2.11. The molecule has 0 saturated heterocycles. The van der Waals surface area contributed by atoms with Crippen LogP contribution in [0.4, 0.5) is 5.82 Å². The minimum atomic E-state index is 0.364. The third-order valence-corrected chi connectivity index (χ3v) is 2.21. The molecular formula is C10H13N5O. The number of anilines is 1. The summed E-state index contributed by atoms with van der Waals surface area (Å²) in [5.41, 5.74) is 8.13. The lowest BCUT2D eigenvalue weighted by atomic mass is 10.1. The van der Waals surface area contributed by atoms with E-state index in [1.165, 1.54) is 4.80 Å². The van der Waals surface area contributed by atoms with Gasteiger partial charge in [0.2, 0.25) is 0 Å². The lowest BCUT2D eigenvalue weighted by Gasteiger charge is -2.09. The molecule has 0 spiro atoms. The highest BCUT2D eigenvalue weighted by Gasteiger charge is 2.13. The van der Waals surface area contributed by atoms with Crippen LogP contribution in [-0.2, 0) is 7.05 Å². The molecule has 0 aromatic carbocycles.